The van der Waals surface area contributed by atoms with Crippen molar-refractivity contribution in [3.8, 4) is 5.75 Å². The first-order valence-electron chi connectivity index (χ1n) is 8.96. The minimum absolute atomic E-state index is 0.128. The highest BCUT2D eigenvalue weighted by Crippen LogP contribution is 2.29. The summed E-state index contributed by atoms with van der Waals surface area (Å²) in [4.78, 5) is 28.0. The molecular formula is C18H25N3O4. The third-order valence-corrected chi connectivity index (χ3v) is 5.21. The number of amides is 1. The fourth-order valence-corrected chi connectivity index (χ4v) is 3.86. The molecule has 0 aliphatic carbocycles. The fourth-order valence-electron chi connectivity index (χ4n) is 3.86. The zero-order chi connectivity index (χ0) is 17.8. The monoisotopic (exact) mass is 347 g/mol. The van der Waals surface area contributed by atoms with Gasteiger partial charge in [-0.3, -0.25) is 19.8 Å². The SMILES string of the molecule is COc1ccc(C(=O)N2CCCC[C@H](N3CCCC3)C2)cc1[N+](=O)[O-]. The predicted molar refractivity (Wildman–Crippen MR) is 94.0 cm³/mol. The van der Waals surface area contributed by atoms with E-state index in [0.29, 0.717) is 24.7 Å². The number of ether oxygens (including phenoxy) is 1. The Morgan fingerprint density at radius 1 is 1.20 bits per heavy atom. The highest BCUT2D eigenvalue weighted by molar-refractivity contribution is 5.95. The molecule has 25 heavy (non-hydrogen) atoms. The van der Waals surface area contributed by atoms with Gasteiger partial charge in [0.25, 0.3) is 5.91 Å². The zero-order valence-corrected chi connectivity index (χ0v) is 14.6. The first-order valence-corrected chi connectivity index (χ1v) is 8.96. The van der Waals surface area contributed by atoms with Gasteiger partial charge in [-0.1, -0.05) is 6.42 Å². The maximum absolute atomic E-state index is 12.9. The molecule has 0 bridgehead atoms. The normalized spacial score (nSPS) is 21.8. The van der Waals surface area contributed by atoms with E-state index in [4.69, 9.17) is 4.74 Å². The van der Waals surface area contributed by atoms with Crippen LogP contribution in [-0.2, 0) is 0 Å². The number of likely N-dealkylation sites (tertiary alicyclic amines) is 2. The number of rotatable bonds is 4. The lowest BCUT2D eigenvalue weighted by Crippen LogP contribution is -2.43. The van der Waals surface area contributed by atoms with E-state index in [1.807, 2.05) is 4.90 Å². The zero-order valence-electron chi connectivity index (χ0n) is 14.6. The minimum atomic E-state index is -0.509. The van der Waals surface area contributed by atoms with Crippen molar-refractivity contribution in [3.63, 3.8) is 0 Å². The second-order valence-electron chi connectivity index (χ2n) is 6.79. The topological polar surface area (TPSA) is 75.9 Å². The lowest BCUT2D eigenvalue weighted by Gasteiger charge is -2.30. The molecule has 0 aromatic heterocycles. The van der Waals surface area contributed by atoms with Crippen LogP contribution in [-0.4, -0.2) is 60.0 Å². The molecule has 2 heterocycles. The Labute approximate surface area is 147 Å². The number of benzene rings is 1. The molecule has 0 radical (unpaired) electrons. The molecule has 0 unspecified atom stereocenters. The van der Waals surface area contributed by atoms with Gasteiger partial charge in [-0.05, 0) is 50.9 Å². The van der Waals surface area contributed by atoms with E-state index in [9.17, 15) is 14.9 Å². The first kappa shape index (κ1) is 17.7. The summed E-state index contributed by atoms with van der Waals surface area (Å²) in [6.45, 7) is 3.64. The summed E-state index contributed by atoms with van der Waals surface area (Å²) in [6.07, 6.45) is 5.68. The molecule has 2 saturated heterocycles. The number of nitrogens with zero attached hydrogens (tertiary/aromatic N) is 3. The van der Waals surface area contributed by atoms with Crippen LogP contribution in [0.5, 0.6) is 5.75 Å². The Morgan fingerprint density at radius 3 is 2.60 bits per heavy atom. The van der Waals surface area contributed by atoms with Crippen molar-refractivity contribution in [1.29, 1.82) is 0 Å². The molecule has 1 aromatic carbocycles. The van der Waals surface area contributed by atoms with Gasteiger partial charge in [0.05, 0.1) is 12.0 Å². The van der Waals surface area contributed by atoms with Crippen LogP contribution in [0, 0.1) is 10.1 Å². The van der Waals surface area contributed by atoms with E-state index in [2.05, 4.69) is 4.90 Å². The van der Waals surface area contributed by atoms with Gasteiger partial charge in [0.2, 0.25) is 0 Å². The third kappa shape index (κ3) is 3.92. The summed E-state index contributed by atoms with van der Waals surface area (Å²) < 4.78 is 5.02. The van der Waals surface area contributed by atoms with E-state index in [0.717, 1.165) is 32.4 Å². The van der Waals surface area contributed by atoms with Crippen molar-refractivity contribution in [2.75, 3.05) is 33.3 Å². The van der Waals surface area contributed by atoms with Crippen LogP contribution in [0.1, 0.15) is 42.5 Å². The molecule has 2 aliphatic heterocycles. The molecule has 1 atom stereocenters. The van der Waals surface area contributed by atoms with Gasteiger partial charge in [0.1, 0.15) is 0 Å². The smallest absolute Gasteiger partial charge is 0.311 e. The summed E-state index contributed by atoms with van der Waals surface area (Å²) in [5.74, 6) is 0.0456. The molecule has 1 amide bonds. The maximum atomic E-state index is 12.9. The molecule has 0 N–H and O–H groups in total. The van der Waals surface area contributed by atoms with Crippen LogP contribution >= 0.6 is 0 Å². The lowest BCUT2D eigenvalue weighted by atomic mass is 10.1. The highest BCUT2D eigenvalue weighted by Gasteiger charge is 2.29. The predicted octanol–water partition coefficient (Wildman–Crippen LogP) is 2.69. The van der Waals surface area contributed by atoms with Crippen LogP contribution in [0.3, 0.4) is 0 Å². The standard InChI is InChI=1S/C18H25N3O4/c1-25-17-8-7-14(12-16(17)21(23)24)18(22)20-11-3-2-6-15(13-20)19-9-4-5-10-19/h7-8,12,15H,2-6,9-11,13H2,1H3/t15-/m0/s1. The van der Waals surface area contributed by atoms with E-state index in [1.54, 1.807) is 6.07 Å². The molecule has 0 spiro atoms. The molecule has 3 rings (SSSR count). The summed E-state index contributed by atoms with van der Waals surface area (Å²) in [7, 11) is 1.39. The van der Waals surface area contributed by atoms with E-state index in [-0.39, 0.29) is 17.3 Å². The average molecular weight is 347 g/mol. The van der Waals surface area contributed by atoms with E-state index < -0.39 is 4.92 Å². The van der Waals surface area contributed by atoms with Crippen LogP contribution in [0.15, 0.2) is 18.2 Å². The quantitative estimate of drug-likeness (QED) is 0.618. The Morgan fingerprint density at radius 2 is 1.92 bits per heavy atom. The fraction of sp³-hybridized carbons (Fsp3) is 0.611. The maximum Gasteiger partial charge on any atom is 0.311 e. The highest BCUT2D eigenvalue weighted by atomic mass is 16.6. The van der Waals surface area contributed by atoms with E-state index >= 15 is 0 Å². The third-order valence-electron chi connectivity index (χ3n) is 5.21. The average Bonchev–Trinajstić information content (AvgIpc) is 3.05. The van der Waals surface area contributed by atoms with Crippen LogP contribution in [0.4, 0.5) is 5.69 Å². The van der Waals surface area contributed by atoms with Crippen molar-refractivity contribution in [2.45, 2.75) is 38.1 Å². The number of hydrogen-bond donors (Lipinski definition) is 0. The molecular weight excluding hydrogens is 322 g/mol. The Hall–Kier alpha value is -2.15. The Bertz CT molecular complexity index is 643. The Balaban J connectivity index is 1.78. The number of nitro benzene ring substituents is 1. The van der Waals surface area contributed by atoms with Crippen molar-refractivity contribution in [2.24, 2.45) is 0 Å². The number of methoxy groups -OCH3 is 1. The Kier molecular flexibility index (Phi) is 5.53. The minimum Gasteiger partial charge on any atom is -0.490 e. The number of carbonyl (C=O) groups excluding carboxylic acids is 1. The van der Waals surface area contributed by atoms with Crippen LogP contribution < -0.4 is 4.74 Å². The van der Waals surface area contributed by atoms with Crippen LogP contribution in [0.25, 0.3) is 0 Å². The number of hydrogen-bond acceptors (Lipinski definition) is 5. The van der Waals surface area contributed by atoms with Gasteiger partial charge in [-0.15, -0.1) is 0 Å². The molecule has 7 nitrogen and oxygen atoms in total. The second-order valence-corrected chi connectivity index (χ2v) is 6.79. The van der Waals surface area contributed by atoms with Crippen molar-refractivity contribution in [3.05, 3.63) is 33.9 Å². The summed E-state index contributed by atoms with van der Waals surface area (Å²) in [5.41, 5.74) is 0.189. The van der Waals surface area contributed by atoms with Gasteiger partial charge in [0, 0.05) is 30.8 Å². The van der Waals surface area contributed by atoms with Gasteiger partial charge in [-0.2, -0.15) is 0 Å². The molecule has 2 fully saturated rings. The summed E-state index contributed by atoms with van der Waals surface area (Å²) in [6, 6.07) is 4.85. The molecule has 1 aromatic rings. The largest absolute Gasteiger partial charge is 0.490 e. The van der Waals surface area contributed by atoms with Crippen LogP contribution in [0.2, 0.25) is 0 Å². The molecule has 2 aliphatic rings. The van der Waals surface area contributed by atoms with Gasteiger partial charge < -0.3 is 9.64 Å². The molecule has 0 saturated carbocycles. The molecule has 136 valence electrons. The summed E-state index contributed by atoms with van der Waals surface area (Å²) in [5, 5.41) is 11.2. The van der Waals surface area contributed by atoms with Gasteiger partial charge >= 0.3 is 5.69 Å². The number of nitro groups is 1. The van der Waals surface area contributed by atoms with Crippen molar-refractivity contribution in [1.82, 2.24) is 9.80 Å². The second kappa shape index (κ2) is 7.82. The van der Waals surface area contributed by atoms with Crippen molar-refractivity contribution >= 4 is 11.6 Å². The lowest BCUT2D eigenvalue weighted by molar-refractivity contribution is -0.385. The first-order chi connectivity index (χ1) is 12.1. The van der Waals surface area contributed by atoms with Crippen molar-refractivity contribution < 1.29 is 14.5 Å². The van der Waals surface area contributed by atoms with E-state index in [1.165, 1.54) is 32.1 Å². The van der Waals surface area contributed by atoms with Gasteiger partial charge in [0.15, 0.2) is 5.75 Å². The summed E-state index contributed by atoms with van der Waals surface area (Å²) >= 11 is 0. The molecule has 7 heteroatoms. The number of carbonyl (C=O) groups is 1. The van der Waals surface area contributed by atoms with Gasteiger partial charge in [-0.25, -0.2) is 0 Å².